The Labute approximate surface area is 91.8 Å². The molecule has 0 aromatic rings. The molecule has 88 valence electrons. The first-order chi connectivity index (χ1) is 7.16. The monoisotopic (exact) mass is 214 g/mol. The van der Waals surface area contributed by atoms with E-state index in [1.54, 1.807) is 12.0 Å². The van der Waals surface area contributed by atoms with Gasteiger partial charge in [0.2, 0.25) is 5.91 Å². The molecule has 15 heavy (non-hydrogen) atoms. The molecular formula is C11H22N2O2. The summed E-state index contributed by atoms with van der Waals surface area (Å²) in [5, 5.41) is 0. The normalized spacial score (nSPS) is 26.3. The smallest absolute Gasteiger partial charge is 0.227 e. The van der Waals surface area contributed by atoms with Crippen molar-refractivity contribution in [3.05, 3.63) is 0 Å². The molecule has 1 aliphatic carbocycles. The fourth-order valence-corrected chi connectivity index (χ4v) is 2.09. The molecule has 1 rings (SSSR count). The summed E-state index contributed by atoms with van der Waals surface area (Å²) >= 11 is 0. The minimum atomic E-state index is 0.0283. The molecule has 2 N–H and O–H groups in total. The molecule has 0 aromatic heterocycles. The van der Waals surface area contributed by atoms with Crippen LogP contribution in [0, 0.1) is 5.92 Å². The van der Waals surface area contributed by atoms with E-state index in [-0.39, 0.29) is 17.9 Å². The lowest BCUT2D eigenvalue weighted by Gasteiger charge is -2.30. The number of rotatable bonds is 4. The van der Waals surface area contributed by atoms with Crippen molar-refractivity contribution in [3.63, 3.8) is 0 Å². The first-order valence-corrected chi connectivity index (χ1v) is 5.66. The second-order valence-electron chi connectivity index (χ2n) is 4.31. The first kappa shape index (κ1) is 12.5. The van der Waals surface area contributed by atoms with Gasteiger partial charge >= 0.3 is 0 Å². The lowest BCUT2D eigenvalue weighted by Crippen LogP contribution is -2.45. The second-order valence-corrected chi connectivity index (χ2v) is 4.31. The standard InChI is InChI=1S/C11H22N2O2/c1-13(7-8-15-2)11(14)9-5-3-4-6-10(9)12/h9-10H,3-8,12H2,1-2H3. The van der Waals surface area contributed by atoms with Gasteiger partial charge in [-0.3, -0.25) is 4.79 Å². The van der Waals surface area contributed by atoms with Crippen LogP contribution < -0.4 is 5.73 Å². The summed E-state index contributed by atoms with van der Waals surface area (Å²) in [5.74, 6) is 0.208. The minimum absolute atomic E-state index is 0.0283. The number of hydrogen-bond donors (Lipinski definition) is 1. The van der Waals surface area contributed by atoms with Gasteiger partial charge in [0.05, 0.1) is 12.5 Å². The van der Waals surface area contributed by atoms with Gasteiger partial charge in [0, 0.05) is 26.7 Å². The van der Waals surface area contributed by atoms with Crippen molar-refractivity contribution < 1.29 is 9.53 Å². The van der Waals surface area contributed by atoms with E-state index in [0.717, 1.165) is 25.7 Å². The molecule has 0 aromatic carbocycles. The van der Waals surface area contributed by atoms with Gasteiger partial charge in [-0.2, -0.15) is 0 Å². The number of nitrogens with zero attached hydrogens (tertiary/aromatic N) is 1. The van der Waals surface area contributed by atoms with Crippen molar-refractivity contribution in [1.82, 2.24) is 4.90 Å². The highest BCUT2D eigenvalue weighted by Gasteiger charge is 2.29. The number of ether oxygens (including phenoxy) is 1. The Hall–Kier alpha value is -0.610. The summed E-state index contributed by atoms with van der Waals surface area (Å²) < 4.78 is 4.95. The molecule has 1 amide bonds. The molecular weight excluding hydrogens is 192 g/mol. The zero-order valence-electron chi connectivity index (χ0n) is 9.74. The molecule has 0 bridgehead atoms. The van der Waals surface area contributed by atoms with E-state index in [2.05, 4.69) is 0 Å². The average molecular weight is 214 g/mol. The van der Waals surface area contributed by atoms with Gasteiger partial charge in [0.1, 0.15) is 0 Å². The van der Waals surface area contributed by atoms with E-state index < -0.39 is 0 Å². The van der Waals surface area contributed by atoms with E-state index in [0.29, 0.717) is 13.2 Å². The predicted octanol–water partition coefficient (Wildman–Crippen LogP) is 0.609. The van der Waals surface area contributed by atoms with Crippen molar-refractivity contribution >= 4 is 5.91 Å². The lowest BCUT2D eigenvalue weighted by molar-refractivity contribution is -0.136. The Bertz CT molecular complexity index is 209. The van der Waals surface area contributed by atoms with E-state index >= 15 is 0 Å². The third-order valence-electron chi connectivity index (χ3n) is 3.14. The zero-order valence-corrected chi connectivity index (χ0v) is 9.74. The van der Waals surface area contributed by atoms with Crippen LogP contribution in [0.4, 0.5) is 0 Å². The Morgan fingerprint density at radius 2 is 2.13 bits per heavy atom. The molecule has 0 saturated heterocycles. The summed E-state index contributed by atoms with van der Waals surface area (Å²) in [7, 11) is 3.47. The molecule has 0 heterocycles. The number of nitrogens with two attached hydrogens (primary N) is 1. The maximum absolute atomic E-state index is 12.0. The molecule has 4 heteroatoms. The van der Waals surface area contributed by atoms with Gasteiger partial charge in [0.15, 0.2) is 0 Å². The van der Waals surface area contributed by atoms with Crippen LogP contribution in [0.5, 0.6) is 0 Å². The number of likely N-dealkylation sites (N-methyl/N-ethyl adjacent to an activating group) is 1. The van der Waals surface area contributed by atoms with Crippen molar-refractivity contribution in [2.24, 2.45) is 11.7 Å². The SMILES string of the molecule is COCCN(C)C(=O)C1CCCCC1N. The average Bonchev–Trinajstić information content (AvgIpc) is 2.25. The van der Waals surface area contributed by atoms with Crippen molar-refractivity contribution in [3.8, 4) is 0 Å². The first-order valence-electron chi connectivity index (χ1n) is 5.66. The molecule has 2 atom stereocenters. The van der Waals surface area contributed by atoms with Crippen LogP contribution in [0.1, 0.15) is 25.7 Å². The highest BCUT2D eigenvalue weighted by molar-refractivity contribution is 5.79. The van der Waals surface area contributed by atoms with E-state index in [4.69, 9.17) is 10.5 Å². The Morgan fingerprint density at radius 1 is 1.47 bits per heavy atom. The molecule has 4 nitrogen and oxygen atoms in total. The molecule has 0 aliphatic heterocycles. The Balaban J connectivity index is 2.43. The highest BCUT2D eigenvalue weighted by atomic mass is 16.5. The number of hydrogen-bond acceptors (Lipinski definition) is 3. The number of methoxy groups -OCH3 is 1. The van der Waals surface area contributed by atoms with Crippen LogP contribution >= 0.6 is 0 Å². The maximum Gasteiger partial charge on any atom is 0.227 e. The van der Waals surface area contributed by atoms with E-state index in [1.807, 2.05) is 7.05 Å². The predicted molar refractivity (Wildman–Crippen MR) is 59.4 cm³/mol. The molecule has 0 spiro atoms. The van der Waals surface area contributed by atoms with Gasteiger partial charge in [-0.1, -0.05) is 12.8 Å². The topological polar surface area (TPSA) is 55.6 Å². The minimum Gasteiger partial charge on any atom is -0.383 e. The van der Waals surface area contributed by atoms with Gasteiger partial charge < -0.3 is 15.4 Å². The van der Waals surface area contributed by atoms with Crippen LogP contribution in [0.25, 0.3) is 0 Å². The maximum atomic E-state index is 12.0. The summed E-state index contributed by atoms with van der Waals surface area (Å²) in [6.45, 7) is 1.24. The third-order valence-corrected chi connectivity index (χ3v) is 3.14. The zero-order chi connectivity index (χ0) is 11.3. The third kappa shape index (κ3) is 3.47. The molecule has 1 aliphatic rings. The summed E-state index contributed by atoms with van der Waals surface area (Å²) in [5.41, 5.74) is 5.97. The van der Waals surface area contributed by atoms with Crippen molar-refractivity contribution in [1.29, 1.82) is 0 Å². The Kier molecular flexibility index (Phi) is 5.05. The quantitative estimate of drug-likeness (QED) is 0.746. The fourth-order valence-electron chi connectivity index (χ4n) is 2.09. The van der Waals surface area contributed by atoms with Gasteiger partial charge in [-0.15, -0.1) is 0 Å². The molecule has 1 fully saturated rings. The van der Waals surface area contributed by atoms with Crippen LogP contribution in [0.15, 0.2) is 0 Å². The van der Waals surface area contributed by atoms with Gasteiger partial charge in [-0.05, 0) is 12.8 Å². The summed E-state index contributed by atoms with van der Waals surface area (Å²) in [6, 6.07) is 0.0521. The highest BCUT2D eigenvalue weighted by Crippen LogP contribution is 2.24. The van der Waals surface area contributed by atoms with Gasteiger partial charge in [0.25, 0.3) is 0 Å². The van der Waals surface area contributed by atoms with Crippen molar-refractivity contribution in [2.45, 2.75) is 31.7 Å². The van der Waals surface area contributed by atoms with Crippen LogP contribution in [0.3, 0.4) is 0 Å². The second kappa shape index (κ2) is 6.08. The van der Waals surface area contributed by atoms with Gasteiger partial charge in [-0.25, -0.2) is 0 Å². The fraction of sp³-hybridized carbons (Fsp3) is 0.909. The number of amides is 1. The van der Waals surface area contributed by atoms with Crippen LogP contribution in [-0.4, -0.2) is 44.2 Å². The summed E-state index contributed by atoms with van der Waals surface area (Å²) in [4.78, 5) is 13.7. The summed E-state index contributed by atoms with van der Waals surface area (Å²) in [6.07, 6.45) is 4.21. The Morgan fingerprint density at radius 3 is 2.73 bits per heavy atom. The van der Waals surface area contributed by atoms with Crippen molar-refractivity contribution in [2.75, 3.05) is 27.3 Å². The number of carbonyl (C=O) groups is 1. The molecule has 2 unspecified atom stereocenters. The number of carbonyl (C=O) groups excluding carboxylic acids is 1. The lowest BCUT2D eigenvalue weighted by atomic mass is 9.84. The van der Waals surface area contributed by atoms with Crippen LogP contribution in [-0.2, 0) is 9.53 Å². The van der Waals surface area contributed by atoms with E-state index in [1.165, 1.54) is 0 Å². The van der Waals surface area contributed by atoms with E-state index in [9.17, 15) is 4.79 Å². The largest absolute Gasteiger partial charge is 0.383 e. The molecule has 1 saturated carbocycles. The van der Waals surface area contributed by atoms with Crippen LogP contribution in [0.2, 0.25) is 0 Å². The molecule has 0 radical (unpaired) electrons.